The Balaban J connectivity index is 1.88. The van der Waals surface area contributed by atoms with E-state index in [9.17, 15) is 9.59 Å². The number of rotatable bonds is 2. The number of para-hydroxylation sites is 1. The highest BCUT2D eigenvalue weighted by Gasteiger charge is 2.46. The van der Waals surface area contributed by atoms with Gasteiger partial charge >= 0.3 is 5.97 Å². The van der Waals surface area contributed by atoms with Gasteiger partial charge in [-0.2, -0.15) is 0 Å². The average Bonchev–Trinajstić information content (AvgIpc) is 3.03. The van der Waals surface area contributed by atoms with Gasteiger partial charge in [0.15, 0.2) is 0 Å². The molecule has 0 bridgehead atoms. The van der Waals surface area contributed by atoms with Crippen molar-refractivity contribution in [1.82, 2.24) is 9.47 Å². The molecule has 26 heavy (non-hydrogen) atoms. The Labute approximate surface area is 153 Å². The number of ether oxygens (including phenoxy) is 1. The normalized spacial score (nSPS) is 23.5. The van der Waals surface area contributed by atoms with E-state index >= 15 is 0 Å². The number of amides is 1. The molecule has 0 radical (unpaired) electrons. The highest BCUT2D eigenvalue weighted by molar-refractivity contribution is 6.07. The third-order valence-corrected chi connectivity index (χ3v) is 4.89. The van der Waals surface area contributed by atoms with Crippen LogP contribution in [-0.2, 0) is 16.6 Å². The number of nitrogens with two attached hydrogens (primary N) is 1. The van der Waals surface area contributed by atoms with Gasteiger partial charge in [0.1, 0.15) is 5.60 Å². The molecule has 6 nitrogen and oxygen atoms in total. The minimum atomic E-state index is -0.689. The molecule has 1 aliphatic rings. The zero-order chi connectivity index (χ0) is 19.2. The fourth-order valence-corrected chi connectivity index (χ4v) is 3.70. The number of likely N-dealkylation sites (tertiary alicyclic amines) is 1. The summed E-state index contributed by atoms with van der Waals surface area (Å²) in [6.07, 6.45) is 1.14. The maximum atomic E-state index is 13.2. The van der Waals surface area contributed by atoms with Gasteiger partial charge in [-0.25, -0.2) is 0 Å². The molecule has 1 aromatic carbocycles. The number of esters is 1. The molecule has 140 valence electrons. The van der Waals surface area contributed by atoms with Gasteiger partial charge in [-0.3, -0.25) is 9.59 Å². The van der Waals surface area contributed by atoms with Crippen molar-refractivity contribution in [3.63, 3.8) is 0 Å². The minimum absolute atomic E-state index is 0.0567. The van der Waals surface area contributed by atoms with E-state index in [4.69, 9.17) is 10.5 Å². The Bertz CT molecular complexity index is 850. The second-order valence-electron chi connectivity index (χ2n) is 8.16. The lowest BCUT2D eigenvalue weighted by Crippen LogP contribution is -2.47. The number of hydrogen-bond acceptors (Lipinski definition) is 4. The zero-order valence-electron chi connectivity index (χ0n) is 16.0. The van der Waals surface area contributed by atoms with Crippen LogP contribution in [0, 0.1) is 11.8 Å². The van der Waals surface area contributed by atoms with Gasteiger partial charge in [-0.15, -0.1) is 0 Å². The van der Waals surface area contributed by atoms with Crippen LogP contribution in [-0.4, -0.2) is 39.7 Å². The molecule has 2 heterocycles. The van der Waals surface area contributed by atoms with Crippen LogP contribution in [0.2, 0.25) is 0 Å². The van der Waals surface area contributed by atoms with Crippen molar-refractivity contribution in [2.75, 3.05) is 6.54 Å². The van der Waals surface area contributed by atoms with E-state index in [0.29, 0.717) is 12.1 Å². The SMILES string of the molecule is CC1CN(C(=O)c2cn(C)c3ccccc23)C(N)C1C(=O)OC(C)(C)C. The van der Waals surface area contributed by atoms with Crippen molar-refractivity contribution < 1.29 is 14.3 Å². The van der Waals surface area contributed by atoms with Crippen LogP contribution in [0.1, 0.15) is 38.1 Å². The van der Waals surface area contributed by atoms with Crippen LogP contribution in [0.3, 0.4) is 0 Å². The standard InChI is InChI=1S/C20H27N3O3/c1-12-10-23(17(21)16(12)19(25)26-20(2,3)4)18(24)14-11-22(5)15-9-7-6-8-13(14)15/h6-9,11-12,16-17H,10,21H2,1-5H3. The van der Waals surface area contributed by atoms with Crippen LogP contribution < -0.4 is 5.73 Å². The number of carbonyl (C=O) groups excluding carboxylic acids is 2. The Morgan fingerprint density at radius 3 is 2.54 bits per heavy atom. The van der Waals surface area contributed by atoms with Gasteiger partial charge in [0.05, 0.1) is 17.6 Å². The van der Waals surface area contributed by atoms with E-state index in [1.807, 2.05) is 69.8 Å². The minimum Gasteiger partial charge on any atom is -0.460 e. The smallest absolute Gasteiger partial charge is 0.313 e. The first-order valence-corrected chi connectivity index (χ1v) is 8.93. The van der Waals surface area contributed by atoms with Crippen LogP contribution >= 0.6 is 0 Å². The van der Waals surface area contributed by atoms with Crippen LogP contribution in [0.25, 0.3) is 10.9 Å². The summed E-state index contributed by atoms with van der Waals surface area (Å²) in [5, 5.41) is 0.889. The predicted octanol–water partition coefficient (Wildman–Crippen LogP) is 2.51. The lowest BCUT2D eigenvalue weighted by Gasteiger charge is -2.27. The molecule has 0 saturated carbocycles. The van der Waals surface area contributed by atoms with Crippen molar-refractivity contribution in [1.29, 1.82) is 0 Å². The van der Waals surface area contributed by atoms with E-state index in [2.05, 4.69) is 0 Å². The number of fused-ring (bicyclic) bond motifs is 1. The van der Waals surface area contributed by atoms with Gasteiger partial charge in [-0.05, 0) is 32.8 Å². The third-order valence-electron chi connectivity index (χ3n) is 4.89. The Morgan fingerprint density at radius 2 is 1.88 bits per heavy atom. The van der Waals surface area contributed by atoms with Gasteiger partial charge in [0, 0.05) is 30.7 Å². The summed E-state index contributed by atoms with van der Waals surface area (Å²) in [7, 11) is 1.91. The molecular weight excluding hydrogens is 330 g/mol. The first kappa shape index (κ1) is 18.5. The van der Waals surface area contributed by atoms with E-state index in [0.717, 1.165) is 10.9 Å². The quantitative estimate of drug-likeness (QED) is 0.838. The van der Waals surface area contributed by atoms with Crippen molar-refractivity contribution in [2.24, 2.45) is 24.6 Å². The molecule has 1 amide bonds. The molecule has 0 spiro atoms. The fraction of sp³-hybridized carbons (Fsp3) is 0.500. The Morgan fingerprint density at radius 1 is 1.23 bits per heavy atom. The lowest BCUT2D eigenvalue weighted by atomic mass is 9.96. The number of aromatic nitrogens is 1. The molecule has 6 heteroatoms. The molecule has 2 aromatic rings. The molecule has 1 saturated heterocycles. The summed E-state index contributed by atoms with van der Waals surface area (Å²) >= 11 is 0. The molecule has 1 fully saturated rings. The second-order valence-corrected chi connectivity index (χ2v) is 8.16. The van der Waals surface area contributed by atoms with Crippen molar-refractivity contribution >= 4 is 22.8 Å². The molecule has 3 atom stereocenters. The van der Waals surface area contributed by atoms with Crippen molar-refractivity contribution in [3.05, 3.63) is 36.0 Å². The van der Waals surface area contributed by atoms with Crippen LogP contribution in [0.4, 0.5) is 0 Å². The first-order valence-electron chi connectivity index (χ1n) is 8.93. The summed E-state index contributed by atoms with van der Waals surface area (Å²) < 4.78 is 7.44. The maximum absolute atomic E-state index is 13.2. The lowest BCUT2D eigenvalue weighted by molar-refractivity contribution is -0.161. The molecule has 1 aliphatic heterocycles. The number of carbonyl (C=O) groups is 2. The van der Waals surface area contributed by atoms with Crippen molar-refractivity contribution in [3.8, 4) is 0 Å². The van der Waals surface area contributed by atoms with Gasteiger partial charge < -0.3 is 19.9 Å². The third kappa shape index (κ3) is 3.21. The summed E-state index contributed by atoms with van der Waals surface area (Å²) in [6.45, 7) is 7.86. The molecule has 3 rings (SSSR count). The second kappa shape index (κ2) is 6.43. The largest absolute Gasteiger partial charge is 0.460 e. The van der Waals surface area contributed by atoms with Gasteiger partial charge in [0.2, 0.25) is 0 Å². The summed E-state index contributed by atoms with van der Waals surface area (Å²) in [6, 6.07) is 7.76. The van der Waals surface area contributed by atoms with E-state index in [1.54, 1.807) is 4.90 Å². The van der Waals surface area contributed by atoms with Gasteiger partial charge in [-0.1, -0.05) is 25.1 Å². The fourth-order valence-electron chi connectivity index (χ4n) is 3.70. The number of aryl methyl sites for hydroxylation is 1. The van der Waals surface area contributed by atoms with Crippen molar-refractivity contribution in [2.45, 2.75) is 39.5 Å². The summed E-state index contributed by atoms with van der Waals surface area (Å²) in [5.41, 5.74) is 7.33. The zero-order valence-corrected chi connectivity index (χ0v) is 16.0. The Kier molecular flexibility index (Phi) is 4.56. The Hall–Kier alpha value is -2.34. The predicted molar refractivity (Wildman–Crippen MR) is 100 cm³/mol. The number of hydrogen-bond donors (Lipinski definition) is 1. The highest BCUT2D eigenvalue weighted by Crippen LogP contribution is 2.32. The van der Waals surface area contributed by atoms with E-state index in [-0.39, 0.29) is 17.8 Å². The van der Waals surface area contributed by atoms with Gasteiger partial charge in [0.25, 0.3) is 5.91 Å². The highest BCUT2D eigenvalue weighted by atomic mass is 16.6. The molecule has 2 N–H and O–H groups in total. The number of benzene rings is 1. The van der Waals surface area contributed by atoms with Crippen LogP contribution in [0.15, 0.2) is 30.5 Å². The first-order chi connectivity index (χ1) is 12.1. The molecule has 0 aliphatic carbocycles. The molecular formula is C20H27N3O3. The topological polar surface area (TPSA) is 77.6 Å². The van der Waals surface area contributed by atoms with E-state index < -0.39 is 17.7 Å². The molecule has 1 aromatic heterocycles. The average molecular weight is 357 g/mol. The van der Waals surface area contributed by atoms with Crippen LogP contribution in [0.5, 0.6) is 0 Å². The monoisotopic (exact) mass is 357 g/mol. The van der Waals surface area contributed by atoms with E-state index in [1.165, 1.54) is 0 Å². The maximum Gasteiger partial charge on any atom is 0.313 e. The summed E-state index contributed by atoms with van der Waals surface area (Å²) in [5.74, 6) is -1.06. The molecule has 3 unspecified atom stereocenters. The number of nitrogens with zero attached hydrogens (tertiary/aromatic N) is 2. The summed E-state index contributed by atoms with van der Waals surface area (Å²) in [4.78, 5) is 27.3.